The topological polar surface area (TPSA) is 40.5 Å². The molecule has 1 aliphatic heterocycles. The van der Waals surface area contributed by atoms with E-state index in [2.05, 4.69) is 15.9 Å². The average Bonchev–Trinajstić information content (AvgIpc) is 2.53. The van der Waals surface area contributed by atoms with E-state index in [0.717, 1.165) is 10.0 Å². The fraction of sp³-hybridized carbons (Fsp3) is 0.364. The van der Waals surface area contributed by atoms with E-state index < -0.39 is 6.23 Å². The number of benzene rings is 1. The van der Waals surface area contributed by atoms with Crippen LogP contribution in [0.1, 0.15) is 18.4 Å². The molecule has 0 spiro atoms. The number of halogens is 1. The summed E-state index contributed by atoms with van der Waals surface area (Å²) in [5.41, 5.74) is 1.02. The van der Waals surface area contributed by atoms with Gasteiger partial charge in [-0.25, -0.2) is 0 Å². The van der Waals surface area contributed by atoms with Gasteiger partial charge in [-0.2, -0.15) is 0 Å². The van der Waals surface area contributed by atoms with Crippen molar-refractivity contribution in [2.24, 2.45) is 0 Å². The number of rotatable bonds is 2. The van der Waals surface area contributed by atoms with E-state index in [0.29, 0.717) is 19.4 Å². The Morgan fingerprint density at radius 3 is 2.80 bits per heavy atom. The lowest BCUT2D eigenvalue weighted by atomic mass is 10.2. The Labute approximate surface area is 96.8 Å². The van der Waals surface area contributed by atoms with E-state index >= 15 is 0 Å². The van der Waals surface area contributed by atoms with Crippen LogP contribution in [0.2, 0.25) is 0 Å². The van der Waals surface area contributed by atoms with Crippen LogP contribution >= 0.6 is 15.9 Å². The summed E-state index contributed by atoms with van der Waals surface area (Å²) in [6, 6.07) is 7.73. The van der Waals surface area contributed by atoms with Crippen molar-refractivity contribution in [3.63, 3.8) is 0 Å². The third-order valence-electron chi connectivity index (χ3n) is 2.60. The molecule has 1 amide bonds. The minimum atomic E-state index is -0.621. The van der Waals surface area contributed by atoms with Gasteiger partial charge in [0.2, 0.25) is 5.91 Å². The summed E-state index contributed by atoms with van der Waals surface area (Å²) in [5.74, 6) is 0.0262. The highest BCUT2D eigenvalue weighted by Gasteiger charge is 2.29. The first-order valence-corrected chi connectivity index (χ1v) is 5.69. The predicted octanol–water partition coefficient (Wildman–Crippen LogP) is 1.89. The summed E-state index contributed by atoms with van der Waals surface area (Å²) in [4.78, 5) is 13.0. The largest absolute Gasteiger partial charge is 0.373 e. The van der Waals surface area contributed by atoms with Crippen molar-refractivity contribution in [1.29, 1.82) is 0 Å². The molecule has 1 saturated heterocycles. The second-order valence-electron chi connectivity index (χ2n) is 3.63. The zero-order valence-corrected chi connectivity index (χ0v) is 9.77. The van der Waals surface area contributed by atoms with Crippen molar-refractivity contribution < 1.29 is 9.90 Å². The first-order chi connectivity index (χ1) is 7.18. The van der Waals surface area contributed by atoms with Crippen LogP contribution in [-0.4, -0.2) is 22.1 Å². The fourth-order valence-electron chi connectivity index (χ4n) is 1.72. The highest BCUT2D eigenvalue weighted by Crippen LogP contribution is 2.23. The molecule has 0 aromatic heterocycles. The lowest BCUT2D eigenvalue weighted by molar-refractivity contribution is -0.134. The van der Waals surface area contributed by atoms with Crippen LogP contribution in [0.4, 0.5) is 0 Å². The summed E-state index contributed by atoms with van der Waals surface area (Å²) in [6.07, 6.45) is 0.374. The maximum absolute atomic E-state index is 11.5. The lowest BCUT2D eigenvalue weighted by Crippen LogP contribution is -2.32. The second kappa shape index (κ2) is 4.33. The average molecular weight is 270 g/mol. The van der Waals surface area contributed by atoms with Crippen molar-refractivity contribution in [3.05, 3.63) is 34.3 Å². The number of likely N-dealkylation sites (tertiary alicyclic amines) is 1. The minimum Gasteiger partial charge on any atom is -0.373 e. The van der Waals surface area contributed by atoms with Gasteiger partial charge in [0.05, 0.1) is 0 Å². The summed E-state index contributed by atoms with van der Waals surface area (Å²) in [7, 11) is 0. The molecule has 1 N–H and O–H groups in total. The molecule has 2 rings (SSSR count). The smallest absolute Gasteiger partial charge is 0.225 e. The Morgan fingerprint density at radius 1 is 1.47 bits per heavy atom. The molecule has 1 aromatic rings. The molecule has 1 heterocycles. The number of carbonyl (C=O) groups is 1. The Kier molecular flexibility index (Phi) is 3.07. The van der Waals surface area contributed by atoms with Crippen LogP contribution in [0.25, 0.3) is 0 Å². The van der Waals surface area contributed by atoms with E-state index in [1.807, 2.05) is 24.3 Å². The normalized spacial score (nSPS) is 21.1. The highest BCUT2D eigenvalue weighted by atomic mass is 79.9. The minimum absolute atomic E-state index is 0.0262. The van der Waals surface area contributed by atoms with Crippen LogP contribution < -0.4 is 0 Å². The van der Waals surface area contributed by atoms with Crippen molar-refractivity contribution in [2.75, 3.05) is 0 Å². The number of nitrogens with zero attached hydrogens (tertiary/aromatic N) is 1. The first kappa shape index (κ1) is 10.6. The van der Waals surface area contributed by atoms with Gasteiger partial charge in [0.25, 0.3) is 0 Å². The van der Waals surface area contributed by atoms with Crippen LogP contribution in [0.15, 0.2) is 28.7 Å². The Balaban J connectivity index is 2.15. The van der Waals surface area contributed by atoms with E-state index in [9.17, 15) is 9.90 Å². The van der Waals surface area contributed by atoms with Gasteiger partial charge in [-0.15, -0.1) is 0 Å². The monoisotopic (exact) mass is 269 g/mol. The molecule has 1 unspecified atom stereocenters. The summed E-state index contributed by atoms with van der Waals surface area (Å²) in [5, 5.41) is 9.60. The van der Waals surface area contributed by atoms with E-state index in [4.69, 9.17) is 0 Å². The number of amides is 1. The van der Waals surface area contributed by atoms with Crippen molar-refractivity contribution in [2.45, 2.75) is 25.6 Å². The third kappa shape index (κ3) is 2.21. The predicted molar refractivity (Wildman–Crippen MR) is 59.9 cm³/mol. The van der Waals surface area contributed by atoms with Gasteiger partial charge >= 0.3 is 0 Å². The van der Waals surface area contributed by atoms with Crippen LogP contribution in [-0.2, 0) is 11.3 Å². The van der Waals surface area contributed by atoms with Crippen molar-refractivity contribution in [1.82, 2.24) is 4.90 Å². The zero-order valence-electron chi connectivity index (χ0n) is 8.19. The zero-order chi connectivity index (χ0) is 10.8. The summed E-state index contributed by atoms with van der Waals surface area (Å²) in [6.45, 7) is 0.474. The van der Waals surface area contributed by atoms with E-state index in [-0.39, 0.29) is 5.91 Å². The first-order valence-electron chi connectivity index (χ1n) is 4.89. The molecule has 1 aliphatic rings. The molecule has 1 atom stereocenters. The number of aliphatic hydroxyl groups is 1. The third-order valence-corrected chi connectivity index (χ3v) is 3.37. The Bertz CT molecular complexity index is 381. The maximum Gasteiger partial charge on any atom is 0.225 e. The molecule has 3 nitrogen and oxygen atoms in total. The van der Waals surface area contributed by atoms with Crippen LogP contribution in [0.5, 0.6) is 0 Å². The van der Waals surface area contributed by atoms with Gasteiger partial charge in [0.1, 0.15) is 6.23 Å². The summed E-state index contributed by atoms with van der Waals surface area (Å²) >= 11 is 3.42. The van der Waals surface area contributed by atoms with Crippen LogP contribution in [0.3, 0.4) is 0 Å². The van der Waals surface area contributed by atoms with Crippen molar-refractivity contribution in [3.8, 4) is 0 Å². The molecule has 0 bridgehead atoms. The summed E-state index contributed by atoms with van der Waals surface area (Å²) < 4.78 is 0.969. The fourth-order valence-corrected chi connectivity index (χ4v) is 2.13. The van der Waals surface area contributed by atoms with Gasteiger partial charge in [0.15, 0.2) is 0 Å². The SMILES string of the molecule is O=C1CCC(O)N1Cc1ccccc1Br. The van der Waals surface area contributed by atoms with Gasteiger partial charge in [-0.3, -0.25) is 4.79 Å². The standard InChI is InChI=1S/C11H12BrNO2/c12-9-4-2-1-3-8(9)7-13-10(14)5-6-11(13)15/h1-4,10,14H,5-7H2. The molecule has 1 aromatic carbocycles. The molecule has 0 aliphatic carbocycles. The van der Waals surface area contributed by atoms with Gasteiger partial charge in [-0.1, -0.05) is 34.1 Å². The van der Waals surface area contributed by atoms with Gasteiger partial charge < -0.3 is 10.0 Å². The quantitative estimate of drug-likeness (QED) is 0.891. The molecule has 0 saturated carbocycles. The molecular weight excluding hydrogens is 258 g/mol. The Morgan fingerprint density at radius 2 is 2.20 bits per heavy atom. The van der Waals surface area contributed by atoms with E-state index in [1.54, 1.807) is 0 Å². The van der Waals surface area contributed by atoms with Crippen molar-refractivity contribution >= 4 is 21.8 Å². The van der Waals surface area contributed by atoms with Crippen LogP contribution in [0, 0.1) is 0 Å². The Hall–Kier alpha value is -0.870. The molecule has 1 fully saturated rings. The number of hydrogen-bond acceptors (Lipinski definition) is 2. The molecule has 0 radical (unpaired) electrons. The molecule has 15 heavy (non-hydrogen) atoms. The van der Waals surface area contributed by atoms with Gasteiger partial charge in [0, 0.05) is 23.9 Å². The molecular formula is C11H12BrNO2. The maximum atomic E-state index is 11.5. The lowest BCUT2D eigenvalue weighted by Gasteiger charge is -2.20. The second-order valence-corrected chi connectivity index (χ2v) is 4.49. The molecule has 4 heteroatoms. The highest BCUT2D eigenvalue weighted by molar-refractivity contribution is 9.10. The van der Waals surface area contributed by atoms with E-state index in [1.165, 1.54) is 4.90 Å². The number of aliphatic hydroxyl groups excluding tert-OH is 1. The van der Waals surface area contributed by atoms with Gasteiger partial charge in [-0.05, 0) is 11.6 Å². The number of carbonyl (C=O) groups excluding carboxylic acids is 1. The molecule has 80 valence electrons. The number of hydrogen-bond donors (Lipinski definition) is 1.